The highest BCUT2D eigenvalue weighted by Gasteiger charge is 2.02. The quantitative estimate of drug-likeness (QED) is 0.550. The third kappa shape index (κ3) is 5.05. The van der Waals surface area contributed by atoms with Gasteiger partial charge >= 0.3 is 0 Å². The smallest absolute Gasteiger partial charge is 0.175 e. The number of rotatable bonds is 5. The molecule has 3 rings (SSSR count). The summed E-state index contributed by atoms with van der Waals surface area (Å²) in [6.45, 7) is 0. The first-order valence-electron chi connectivity index (χ1n) is 7.71. The average Bonchev–Trinajstić information content (AvgIpc) is 2.65. The SMILES string of the molecule is COc1cccc(NC(=S)Nc2ccc(Nc3ccc(Cl)nn3)cc2)c1. The van der Waals surface area contributed by atoms with Gasteiger partial charge in [-0.15, -0.1) is 10.2 Å². The Bertz CT molecular complexity index is 887. The van der Waals surface area contributed by atoms with Crippen LogP contribution in [0.1, 0.15) is 0 Å². The summed E-state index contributed by atoms with van der Waals surface area (Å²) in [6.07, 6.45) is 0. The second-order valence-electron chi connectivity index (χ2n) is 5.25. The minimum absolute atomic E-state index is 0.354. The lowest BCUT2D eigenvalue weighted by molar-refractivity contribution is 0.415. The molecule has 6 nitrogen and oxygen atoms in total. The molecule has 2 aromatic carbocycles. The highest BCUT2D eigenvalue weighted by Crippen LogP contribution is 2.19. The molecule has 3 N–H and O–H groups in total. The largest absolute Gasteiger partial charge is 0.497 e. The van der Waals surface area contributed by atoms with Crippen LogP contribution in [-0.2, 0) is 0 Å². The van der Waals surface area contributed by atoms with Crippen LogP contribution in [0.2, 0.25) is 5.15 Å². The van der Waals surface area contributed by atoms with Crippen molar-refractivity contribution in [1.82, 2.24) is 10.2 Å². The van der Waals surface area contributed by atoms with Crippen molar-refractivity contribution in [3.63, 3.8) is 0 Å². The summed E-state index contributed by atoms with van der Waals surface area (Å²) >= 11 is 11.1. The lowest BCUT2D eigenvalue weighted by Crippen LogP contribution is -2.18. The molecule has 0 saturated heterocycles. The van der Waals surface area contributed by atoms with Gasteiger partial charge in [-0.2, -0.15) is 0 Å². The molecule has 0 aliphatic heterocycles. The summed E-state index contributed by atoms with van der Waals surface area (Å²) in [6, 6.07) is 18.6. The van der Waals surface area contributed by atoms with Crippen LogP contribution in [0.15, 0.2) is 60.7 Å². The summed E-state index contributed by atoms with van der Waals surface area (Å²) in [5.74, 6) is 1.38. The first-order valence-corrected chi connectivity index (χ1v) is 8.49. The van der Waals surface area contributed by atoms with E-state index >= 15 is 0 Å². The zero-order valence-electron chi connectivity index (χ0n) is 13.9. The molecule has 0 aliphatic rings. The minimum atomic E-state index is 0.354. The molecule has 0 radical (unpaired) electrons. The predicted octanol–water partition coefficient (Wildman–Crippen LogP) is 4.69. The summed E-state index contributed by atoms with van der Waals surface area (Å²) in [5, 5.41) is 18.0. The number of halogens is 1. The molecule has 0 amide bonds. The third-order valence-corrected chi connectivity index (χ3v) is 3.78. The van der Waals surface area contributed by atoms with Gasteiger partial charge in [0.1, 0.15) is 5.75 Å². The molecule has 0 spiro atoms. The Morgan fingerprint density at radius 2 is 1.65 bits per heavy atom. The highest BCUT2D eigenvalue weighted by molar-refractivity contribution is 7.80. The number of nitrogens with one attached hydrogen (secondary N) is 3. The fourth-order valence-corrected chi connectivity index (χ4v) is 2.50. The number of methoxy groups -OCH3 is 1. The summed E-state index contributed by atoms with van der Waals surface area (Å²) in [7, 11) is 1.63. The fourth-order valence-electron chi connectivity index (χ4n) is 2.16. The van der Waals surface area contributed by atoms with E-state index in [-0.39, 0.29) is 0 Å². The van der Waals surface area contributed by atoms with E-state index in [9.17, 15) is 0 Å². The molecule has 0 aliphatic carbocycles. The van der Waals surface area contributed by atoms with Gasteiger partial charge in [-0.25, -0.2) is 0 Å². The van der Waals surface area contributed by atoms with Crippen molar-refractivity contribution in [3.8, 4) is 5.75 Å². The van der Waals surface area contributed by atoms with Crippen molar-refractivity contribution in [2.45, 2.75) is 0 Å². The number of hydrogen-bond donors (Lipinski definition) is 3. The molecule has 0 bridgehead atoms. The van der Waals surface area contributed by atoms with Crippen molar-refractivity contribution < 1.29 is 4.74 Å². The minimum Gasteiger partial charge on any atom is -0.497 e. The van der Waals surface area contributed by atoms with Crippen molar-refractivity contribution in [1.29, 1.82) is 0 Å². The number of anilines is 4. The normalized spacial score (nSPS) is 10.1. The zero-order valence-corrected chi connectivity index (χ0v) is 15.4. The Hall–Kier alpha value is -2.90. The maximum Gasteiger partial charge on any atom is 0.175 e. The lowest BCUT2D eigenvalue weighted by Gasteiger charge is -2.12. The monoisotopic (exact) mass is 385 g/mol. The molecule has 1 heterocycles. The Balaban J connectivity index is 1.58. The average molecular weight is 386 g/mol. The van der Waals surface area contributed by atoms with E-state index in [1.807, 2.05) is 48.5 Å². The number of thiocarbonyl (C=S) groups is 1. The van der Waals surface area contributed by atoms with Crippen molar-refractivity contribution in [2.75, 3.05) is 23.1 Å². The van der Waals surface area contributed by atoms with E-state index in [2.05, 4.69) is 26.1 Å². The first-order chi connectivity index (χ1) is 12.6. The molecule has 1 aromatic heterocycles. The maximum absolute atomic E-state index is 5.72. The van der Waals surface area contributed by atoms with Crippen LogP contribution in [0.3, 0.4) is 0 Å². The van der Waals surface area contributed by atoms with Crippen LogP contribution in [0, 0.1) is 0 Å². The molecular formula is C18H16ClN5OS. The topological polar surface area (TPSA) is 71.1 Å². The second kappa shape index (κ2) is 8.46. The molecular weight excluding hydrogens is 370 g/mol. The first kappa shape index (κ1) is 17.9. The summed E-state index contributed by atoms with van der Waals surface area (Å²) in [4.78, 5) is 0. The van der Waals surface area contributed by atoms with Crippen LogP contribution in [0.4, 0.5) is 22.9 Å². The predicted molar refractivity (Wildman–Crippen MR) is 110 cm³/mol. The molecule has 8 heteroatoms. The van der Waals surface area contributed by atoms with Crippen molar-refractivity contribution >= 4 is 51.8 Å². The number of nitrogens with zero attached hydrogens (tertiary/aromatic N) is 2. The van der Waals surface area contributed by atoms with Crippen molar-refractivity contribution in [2.24, 2.45) is 0 Å². The van der Waals surface area contributed by atoms with E-state index in [0.29, 0.717) is 16.1 Å². The van der Waals surface area contributed by atoms with E-state index in [1.165, 1.54) is 0 Å². The van der Waals surface area contributed by atoms with Gasteiger partial charge in [0, 0.05) is 23.1 Å². The highest BCUT2D eigenvalue weighted by atomic mass is 35.5. The molecule has 0 saturated carbocycles. The van der Waals surface area contributed by atoms with Gasteiger partial charge in [0.25, 0.3) is 0 Å². The van der Waals surface area contributed by atoms with Crippen LogP contribution >= 0.6 is 23.8 Å². The van der Waals surface area contributed by atoms with E-state index in [1.54, 1.807) is 19.2 Å². The van der Waals surface area contributed by atoms with Gasteiger partial charge in [0.15, 0.2) is 16.1 Å². The van der Waals surface area contributed by atoms with Gasteiger partial charge in [-0.3, -0.25) is 0 Å². The molecule has 26 heavy (non-hydrogen) atoms. The van der Waals surface area contributed by atoms with Crippen LogP contribution < -0.4 is 20.7 Å². The molecule has 132 valence electrons. The van der Waals surface area contributed by atoms with Gasteiger partial charge in [0.2, 0.25) is 0 Å². The Labute approximate surface area is 161 Å². The molecule has 0 atom stereocenters. The van der Waals surface area contributed by atoms with Crippen LogP contribution in [-0.4, -0.2) is 22.4 Å². The van der Waals surface area contributed by atoms with E-state index in [0.717, 1.165) is 22.8 Å². The van der Waals surface area contributed by atoms with E-state index in [4.69, 9.17) is 28.6 Å². The third-order valence-electron chi connectivity index (χ3n) is 3.37. The standard InChI is InChI=1S/C18H16ClN5OS/c1-25-15-4-2-3-14(11-15)22-18(26)21-13-7-5-12(6-8-13)20-17-10-9-16(19)23-24-17/h2-11H,1H3,(H,20,24)(H2,21,22,26). The fraction of sp³-hybridized carbons (Fsp3) is 0.0556. The summed E-state index contributed by atoms with van der Waals surface area (Å²) in [5.41, 5.74) is 2.58. The van der Waals surface area contributed by atoms with Crippen LogP contribution in [0.5, 0.6) is 5.75 Å². The lowest BCUT2D eigenvalue weighted by atomic mass is 10.2. The molecule has 0 unspecified atom stereocenters. The number of benzene rings is 2. The second-order valence-corrected chi connectivity index (χ2v) is 6.05. The molecule has 3 aromatic rings. The van der Waals surface area contributed by atoms with Gasteiger partial charge in [-0.1, -0.05) is 17.7 Å². The Morgan fingerprint density at radius 3 is 2.35 bits per heavy atom. The van der Waals surface area contributed by atoms with Gasteiger partial charge in [-0.05, 0) is 60.7 Å². The number of aromatic nitrogens is 2. The van der Waals surface area contributed by atoms with Crippen LogP contribution in [0.25, 0.3) is 0 Å². The summed E-state index contributed by atoms with van der Waals surface area (Å²) < 4.78 is 5.20. The Morgan fingerprint density at radius 1 is 0.923 bits per heavy atom. The van der Waals surface area contributed by atoms with Gasteiger partial charge < -0.3 is 20.7 Å². The van der Waals surface area contributed by atoms with Gasteiger partial charge in [0.05, 0.1) is 7.11 Å². The van der Waals surface area contributed by atoms with Crippen molar-refractivity contribution in [3.05, 3.63) is 65.8 Å². The molecule has 0 fully saturated rings. The maximum atomic E-state index is 5.72. The van der Waals surface area contributed by atoms with E-state index < -0.39 is 0 Å². The number of hydrogen-bond acceptors (Lipinski definition) is 5. The zero-order chi connectivity index (χ0) is 18.4. The Kier molecular flexibility index (Phi) is 5.83. The number of ether oxygens (including phenoxy) is 1.